The number of unbranched alkanes of at least 4 members (excludes halogenated alkanes) is 1. The van der Waals surface area contributed by atoms with Gasteiger partial charge in [-0.15, -0.1) is 0 Å². The van der Waals surface area contributed by atoms with Crippen LogP contribution in [0.4, 0.5) is 4.39 Å². The lowest BCUT2D eigenvalue weighted by Gasteiger charge is -2.15. The average Bonchev–Trinajstić information content (AvgIpc) is 2.57. The second-order valence-electron chi connectivity index (χ2n) is 5.56. The molecule has 0 spiro atoms. The Kier molecular flexibility index (Phi) is 6.61. The Morgan fingerprint density at radius 1 is 1.04 bits per heavy atom. The first-order valence-electron chi connectivity index (χ1n) is 7.89. The van der Waals surface area contributed by atoms with E-state index in [4.69, 9.17) is 9.47 Å². The van der Waals surface area contributed by atoms with Gasteiger partial charge in [-0.3, -0.25) is 0 Å². The van der Waals surface area contributed by atoms with Crippen LogP contribution >= 0.6 is 0 Å². The summed E-state index contributed by atoms with van der Waals surface area (Å²) in [5.74, 6) is -0.132. The monoisotopic (exact) mass is 332 g/mol. The highest BCUT2D eigenvalue weighted by Gasteiger charge is 2.18. The summed E-state index contributed by atoms with van der Waals surface area (Å²) in [5, 5.41) is 9.26. The zero-order valence-electron chi connectivity index (χ0n) is 13.6. The molecule has 0 aromatic heterocycles. The summed E-state index contributed by atoms with van der Waals surface area (Å²) in [6, 6.07) is 13.1. The highest BCUT2D eigenvalue weighted by molar-refractivity contribution is 5.72. The van der Waals surface area contributed by atoms with E-state index in [1.807, 2.05) is 19.1 Å². The Bertz CT molecular complexity index is 637. The molecule has 0 aliphatic heterocycles. The van der Waals surface area contributed by atoms with Gasteiger partial charge in [0.05, 0.1) is 6.61 Å². The summed E-state index contributed by atoms with van der Waals surface area (Å²) >= 11 is 0. The molecule has 1 N–H and O–H groups in total. The van der Waals surface area contributed by atoms with Gasteiger partial charge in [0.15, 0.2) is 6.10 Å². The van der Waals surface area contributed by atoms with Gasteiger partial charge in [-0.25, -0.2) is 9.18 Å². The number of benzene rings is 2. The van der Waals surface area contributed by atoms with Crippen LogP contribution in [0, 0.1) is 12.7 Å². The Morgan fingerprint density at radius 2 is 1.67 bits per heavy atom. The lowest BCUT2D eigenvalue weighted by Crippen LogP contribution is -2.27. The number of carboxylic acid groups (broad SMARTS) is 1. The Labute approximate surface area is 140 Å². The molecule has 24 heavy (non-hydrogen) atoms. The van der Waals surface area contributed by atoms with Crippen molar-refractivity contribution in [3.63, 3.8) is 0 Å². The standard InChI is InChI=1S/C19H21FO4/c1-14-5-9-17(10-6-14)24-18(19(21)22)4-2-3-13-23-16-11-7-15(20)8-12-16/h5-12,18H,2-4,13H2,1H3,(H,21,22). The summed E-state index contributed by atoms with van der Waals surface area (Å²) in [6.45, 7) is 2.40. The molecule has 2 aromatic rings. The predicted octanol–water partition coefficient (Wildman–Crippen LogP) is 4.22. The fourth-order valence-electron chi connectivity index (χ4n) is 2.17. The van der Waals surface area contributed by atoms with Crippen molar-refractivity contribution in [1.82, 2.24) is 0 Å². The second kappa shape index (κ2) is 8.91. The molecule has 0 amide bonds. The summed E-state index contributed by atoms with van der Waals surface area (Å²) in [6.07, 6.45) is 0.872. The average molecular weight is 332 g/mol. The molecule has 5 heteroatoms. The molecule has 0 saturated heterocycles. The van der Waals surface area contributed by atoms with Crippen molar-refractivity contribution >= 4 is 5.97 Å². The molecule has 0 heterocycles. The number of carboxylic acids is 1. The molecular formula is C19H21FO4. The molecule has 0 fully saturated rings. The Balaban J connectivity index is 1.72. The van der Waals surface area contributed by atoms with E-state index in [1.165, 1.54) is 12.1 Å². The van der Waals surface area contributed by atoms with Crippen molar-refractivity contribution in [1.29, 1.82) is 0 Å². The largest absolute Gasteiger partial charge is 0.494 e. The molecule has 1 unspecified atom stereocenters. The minimum absolute atomic E-state index is 0.306. The third-order valence-corrected chi connectivity index (χ3v) is 3.52. The number of halogens is 1. The molecule has 4 nitrogen and oxygen atoms in total. The van der Waals surface area contributed by atoms with Gasteiger partial charge in [0.25, 0.3) is 0 Å². The molecule has 1 atom stereocenters. The van der Waals surface area contributed by atoms with E-state index in [1.54, 1.807) is 24.3 Å². The summed E-state index contributed by atoms with van der Waals surface area (Å²) in [4.78, 5) is 11.3. The molecule has 2 aromatic carbocycles. The molecule has 0 bridgehead atoms. The minimum atomic E-state index is -0.977. The van der Waals surface area contributed by atoms with E-state index in [9.17, 15) is 14.3 Å². The number of aliphatic carboxylic acids is 1. The van der Waals surface area contributed by atoms with Gasteiger partial charge in [0, 0.05) is 0 Å². The summed E-state index contributed by atoms with van der Waals surface area (Å²) in [7, 11) is 0. The van der Waals surface area contributed by atoms with E-state index >= 15 is 0 Å². The van der Waals surface area contributed by atoms with E-state index < -0.39 is 12.1 Å². The maximum absolute atomic E-state index is 12.8. The maximum atomic E-state index is 12.8. The van der Waals surface area contributed by atoms with Gasteiger partial charge in [-0.2, -0.15) is 0 Å². The Morgan fingerprint density at radius 3 is 2.29 bits per heavy atom. The van der Waals surface area contributed by atoms with E-state index in [-0.39, 0.29) is 5.82 Å². The van der Waals surface area contributed by atoms with Crippen LogP contribution < -0.4 is 9.47 Å². The van der Waals surface area contributed by atoms with Crippen molar-refractivity contribution in [2.45, 2.75) is 32.3 Å². The lowest BCUT2D eigenvalue weighted by molar-refractivity contribution is -0.145. The molecule has 0 aliphatic rings. The van der Waals surface area contributed by atoms with Crippen LogP contribution in [0.3, 0.4) is 0 Å². The smallest absolute Gasteiger partial charge is 0.344 e. The third-order valence-electron chi connectivity index (χ3n) is 3.52. The first-order chi connectivity index (χ1) is 11.5. The van der Waals surface area contributed by atoms with Crippen LogP contribution in [-0.2, 0) is 4.79 Å². The number of carbonyl (C=O) groups is 1. The van der Waals surface area contributed by atoms with Gasteiger partial charge >= 0.3 is 5.97 Å². The van der Waals surface area contributed by atoms with Crippen molar-refractivity contribution in [3.8, 4) is 11.5 Å². The van der Waals surface area contributed by atoms with Gasteiger partial charge in [-0.05, 0) is 62.6 Å². The number of hydrogen-bond acceptors (Lipinski definition) is 3. The molecule has 2 rings (SSSR count). The van der Waals surface area contributed by atoms with Crippen LogP contribution in [-0.4, -0.2) is 23.8 Å². The van der Waals surface area contributed by atoms with Crippen molar-refractivity contribution in [2.24, 2.45) is 0 Å². The van der Waals surface area contributed by atoms with Crippen LogP contribution in [0.15, 0.2) is 48.5 Å². The van der Waals surface area contributed by atoms with Crippen molar-refractivity contribution in [3.05, 3.63) is 59.9 Å². The Hall–Kier alpha value is -2.56. The number of rotatable bonds is 9. The highest BCUT2D eigenvalue weighted by atomic mass is 19.1. The van der Waals surface area contributed by atoms with E-state index in [0.29, 0.717) is 37.4 Å². The first-order valence-corrected chi connectivity index (χ1v) is 7.89. The molecule has 128 valence electrons. The quantitative estimate of drug-likeness (QED) is 0.699. The summed E-state index contributed by atoms with van der Waals surface area (Å²) < 4.78 is 23.8. The second-order valence-corrected chi connectivity index (χ2v) is 5.56. The van der Waals surface area contributed by atoms with Gasteiger partial charge in [0.2, 0.25) is 0 Å². The minimum Gasteiger partial charge on any atom is -0.494 e. The molecule has 0 saturated carbocycles. The zero-order chi connectivity index (χ0) is 17.4. The zero-order valence-corrected chi connectivity index (χ0v) is 13.6. The molecule has 0 radical (unpaired) electrons. The molecular weight excluding hydrogens is 311 g/mol. The maximum Gasteiger partial charge on any atom is 0.344 e. The lowest BCUT2D eigenvalue weighted by atomic mass is 10.1. The predicted molar refractivity (Wildman–Crippen MR) is 89.0 cm³/mol. The number of ether oxygens (including phenoxy) is 2. The van der Waals surface area contributed by atoms with Crippen molar-refractivity contribution in [2.75, 3.05) is 6.61 Å². The van der Waals surface area contributed by atoms with Crippen LogP contribution in [0.25, 0.3) is 0 Å². The fourth-order valence-corrected chi connectivity index (χ4v) is 2.17. The van der Waals surface area contributed by atoms with Crippen LogP contribution in [0.2, 0.25) is 0 Å². The van der Waals surface area contributed by atoms with Gasteiger partial charge in [-0.1, -0.05) is 17.7 Å². The van der Waals surface area contributed by atoms with Crippen molar-refractivity contribution < 1.29 is 23.8 Å². The third kappa shape index (κ3) is 5.91. The normalized spacial score (nSPS) is 11.8. The fraction of sp³-hybridized carbons (Fsp3) is 0.316. The van der Waals surface area contributed by atoms with Crippen LogP contribution in [0.5, 0.6) is 11.5 Å². The van der Waals surface area contributed by atoms with Gasteiger partial charge < -0.3 is 14.6 Å². The number of hydrogen-bond donors (Lipinski definition) is 1. The topological polar surface area (TPSA) is 55.8 Å². The number of aryl methyl sites for hydroxylation is 1. The SMILES string of the molecule is Cc1ccc(OC(CCCCOc2ccc(F)cc2)C(=O)O)cc1. The van der Waals surface area contributed by atoms with E-state index in [2.05, 4.69) is 0 Å². The first kappa shape index (κ1) is 17.8. The highest BCUT2D eigenvalue weighted by Crippen LogP contribution is 2.17. The van der Waals surface area contributed by atoms with E-state index in [0.717, 1.165) is 5.56 Å². The molecule has 0 aliphatic carbocycles. The van der Waals surface area contributed by atoms with Gasteiger partial charge in [0.1, 0.15) is 17.3 Å². The summed E-state index contributed by atoms with van der Waals surface area (Å²) in [5.41, 5.74) is 1.09. The van der Waals surface area contributed by atoms with Crippen LogP contribution in [0.1, 0.15) is 24.8 Å².